The maximum atomic E-state index is 11.4. The molecule has 0 aromatic heterocycles. The van der Waals surface area contributed by atoms with Crippen molar-refractivity contribution in [3.8, 4) is 0 Å². The van der Waals surface area contributed by atoms with Gasteiger partial charge in [-0.1, -0.05) is 0 Å². The number of alkyl halides is 1. The maximum Gasteiger partial charge on any atom is 0.228 e. The molecule has 2 bridgehead atoms. The molecule has 0 amide bonds. The lowest BCUT2D eigenvalue weighted by Gasteiger charge is -2.24. The van der Waals surface area contributed by atoms with E-state index in [4.69, 9.17) is 11.6 Å². The van der Waals surface area contributed by atoms with E-state index in [0.29, 0.717) is 11.8 Å². The molecule has 2 rings (SSSR count). The van der Waals surface area contributed by atoms with Crippen LogP contribution in [0, 0.1) is 0 Å². The van der Waals surface area contributed by atoms with E-state index in [2.05, 4.69) is 0 Å². The van der Waals surface area contributed by atoms with Gasteiger partial charge in [-0.2, -0.15) is 16.1 Å². The Morgan fingerprint density at radius 1 is 1.58 bits per heavy atom. The van der Waals surface area contributed by atoms with Gasteiger partial charge in [0.05, 0.1) is 0 Å². The summed E-state index contributed by atoms with van der Waals surface area (Å²) in [5.41, 5.74) is 0. The lowest BCUT2D eigenvalue weighted by Crippen LogP contribution is -2.39. The second-order valence-corrected chi connectivity index (χ2v) is 6.97. The van der Waals surface area contributed by atoms with Crippen LogP contribution >= 0.6 is 23.4 Å². The molecule has 70 valence electrons. The van der Waals surface area contributed by atoms with Crippen LogP contribution < -0.4 is 0 Å². The number of fused-ring (bicyclic) bond motifs is 2. The molecule has 6 heteroatoms. The highest BCUT2D eigenvalue weighted by Gasteiger charge is 2.43. The minimum absolute atomic E-state index is 0.226. The largest absolute Gasteiger partial charge is 0.228 e. The molecule has 0 aromatic rings. The number of sulfonamides is 1. The smallest absolute Gasteiger partial charge is 0.211 e. The topological polar surface area (TPSA) is 37.4 Å². The van der Waals surface area contributed by atoms with Gasteiger partial charge < -0.3 is 0 Å². The highest BCUT2D eigenvalue weighted by atomic mass is 35.5. The number of nitrogens with zero attached hydrogens (tertiary/aromatic N) is 1. The van der Waals surface area contributed by atoms with Crippen LogP contribution in [0.15, 0.2) is 0 Å². The number of hydrogen-bond acceptors (Lipinski definition) is 3. The molecule has 0 aromatic carbocycles. The number of thioether (sulfide) groups is 1. The summed E-state index contributed by atoms with van der Waals surface area (Å²) in [5.74, 6) is 0.945. The fraction of sp³-hybridized carbons (Fsp3) is 1.00. The Bertz CT molecular complexity index is 279. The van der Waals surface area contributed by atoms with Crippen molar-refractivity contribution in [3.05, 3.63) is 0 Å². The third kappa shape index (κ3) is 1.36. The molecular formula is C6H10ClNO2S2. The summed E-state index contributed by atoms with van der Waals surface area (Å²) in [7, 11) is -3.14. The molecule has 2 aliphatic heterocycles. The first-order valence-corrected chi connectivity index (χ1v) is 7.00. The predicted molar refractivity (Wildman–Crippen MR) is 51.0 cm³/mol. The molecule has 2 aliphatic rings. The molecule has 0 N–H and O–H groups in total. The minimum Gasteiger partial charge on any atom is -0.211 e. The van der Waals surface area contributed by atoms with Gasteiger partial charge in [-0.15, -0.1) is 11.6 Å². The molecule has 2 heterocycles. The Labute approximate surface area is 81.5 Å². The number of rotatable bonds is 2. The Morgan fingerprint density at radius 3 is 2.75 bits per heavy atom. The summed E-state index contributed by atoms with van der Waals surface area (Å²) in [4.78, 5) is 0. The van der Waals surface area contributed by atoms with E-state index >= 15 is 0 Å². The van der Waals surface area contributed by atoms with Crippen molar-refractivity contribution in [2.75, 3.05) is 17.5 Å². The van der Waals surface area contributed by atoms with Crippen LogP contribution in [0.1, 0.15) is 6.42 Å². The molecular weight excluding hydrogens is 218 g/mol. The molecule has 2 unspecified atom stereocenters. The first kappa shape index (κ1) is 9.12. The Balaban J connectivity index is 2.17. The zero-order valence-electron chi connectivity index (χ0n) is 6.44. The molecule has 0 radical (unpaired) electrons. The second kappa shape index (κ2) is 3.04. The summed E-state index contributed by atoms with van der Waals surface area (Å²) in [5, 5.41) is 0.244. The molecule has 12 heavy (non-hydrogen) atoms. The van der Waals surface area contributed by atoms with Crippen molar-refractivity contribution in [1.29, 1.82) is 0 Å². The van der Waals surface area contributed by atoms with E-state index in [1.165, 1.54) is 0 Å². The zero-order valence-corrected chi connectivity index (χ0v) is 8.83. The molecule has 0 saturated carbocycles. The maximum absolute atomic E-state index is 11.4. The first-order valence-electron chi connectivity index (χ1n) is 3.80. The predicted octanol–water partition coefficient (Wildman–Crippen LogP) is 0.702. The van der Waals surface area contributed by atoms with Crippen molar-refractivity contribution in [3.63, 3.8) is 0 Å². The van der Waals surface area contributed by atoms with Gasteiger partial charge in [0.15, 0.2) is 0 Å². The lowest BCUT2D eigenvalue weighted by atomic mass is 10.3. The van der Waals surface area contributed by atoms with Crippen molar-refractivity contribution >= 4 is 33.4 Å². The standard InChI is InChI=1S/C6H10ClNO2S2/c7-4-12(9,10)8-2-6-1-5(8)3-11-6/h5-6H,1-4H2. The summed E-state index contributed by atoms with van der Waals surface area (Å²) in [6, 6.07) is 0.226. The monoisotopic (exact) mass is 227 g/mol. The van der Waals surface area contributed by atoms with E-state index in [0.717, 1.165) is 12.2 Å². The average molecular weight is 228 g/mol. The Hall–Kier alpha value is 0.550. The molecule has 0 spiro atoms. The molecule has 2 saturated heterocycles. The van der Waals surface area contributed by atoms with Crippen molar-refractivity contribution in [2.24, 2.45) is 0 Å². The average Bonchev–Trinajstić information content (AvgIpc) is 2.64. The lowest BCUT2D eigenvalue weighted by molar-refractivity contribution is 0.413. The van der Waals surface area contributed by atoms with Crippen LogP contribution in [0.2, 0.25) is 0 Å². The van der Waals surface area contributed by atoms with E-state index in [1.54, 1.807) is 4.31 Å². The normalized spacial score (nSPS) is 36.1. The fourth-order valence-electron chi connectivity index (χ4n) is 1.77. The SMILES string of the molecule is O=S(=O)(CCl)N1CC2CC1CS2. The summed E-state index contributed by atoms with van der Waals surface area (Å²) in [6.45, 7) is 0.671. The van der Waals surface area contributed by atoms with Crippen LogP contribution in [0.25, 0.3) is 0 Å². The van der Waals surface area contributed by atoms with Gasteiger partial charge in [-0.25, -0.2) is 8.42 Å². The van der Waals surface area contributed by atoms with Gasteiger partial charge in [0, 0.05) is 23.6 Å². The van der Waals surface area contributed by atoms with Gasteiger partial charge in [-0.05, 0) is 6.42 Å². The Morgan fingerprint density at radius 2 is 2.33 bits per heavy atom. The van der Waals surface area contributed by atoms with E-state index < -0.39 is 10.0 Å². The molecule has 0 aliphatic carbocycles. The van der Waals surface area contributed by atoms with Gasteiger partial charge in [0.1, 0.15) is 5.21 Å². The van der Waals surface area contributed by atoms with Crippen molar-refractivity contribution < 1.29 is 8.42 Å². The fourth-order valence-corrected chi connectivity index (χ4v) is 4.91. The van der Waals surface area contributed by atoms with Crippen LogP contribution in [-0.4, -0.2) is 41.5 Å². The minimum atomic E-state index is -3.14. The second-order valence-electron chi connectivity index (χ2n) is 3.14. The highest BCUT2D eigenvalue weighted by Crippen LogP contribution is 2.38. The number of hydrogen-bond donors (Lipinski definition) is 0. The van der Waals surface area contributed by atoms with Gasteiger partial charge in [0.25, 0.3) is 0 Å². The van der Waals surface area contributed by atoms with Gasteiger partial charge in [0.2, 0.25) is 10.0 Å². The molecule has 3 nitrogen and oxygen atoms in total. The van der Waals surface area contributed by atoms with Crippen molar-refractivity contribution in [2.45, 2.75) is 17.7 Å². The third-order valence-electron chi connectivity index (χ3n) is 2.35. The van der Waals surface area contributed by atoms with E-state index in [9.17, 15) is 8.42 Å². The first-order chi connectivity index (χ1) is 5.63. The number of halogens is 1. The molecule has 2 fully saturated rings. The summed E-state index contributed by atoms with van der Waals surface area (Å²) < 4.78 is 24.3. The van der Waals surface area contributed by atoms with Gasteiger partial charge >= 0.3 is 0 Å². The van der Waals surface area contributed by atoms with Crippen molar-refractivity contribution in [1.82, 2.24) is 4.31 Å². The quantitative estimate of drug-likeness (QED) is 0.652. The van der Waals surface area contributed by atoms with E-state index in [-0.39, 0.29) is 11.3 Å². The van der Waals surface area contributed by atoms with Crippen LogP contribution in [0.4, 0.5) is 0 Å². The Kier molecular flexibility index (Phi) is 2.31. The van der Waals surface area contributed by atoms with Gasteiger partial charge in [-0.3, -0.25) is 0 Å². The summed E-state index contributed by atoms with van der Waals surface area (Å²) in [6.07, 6.45) is 1.01. The van der Waals surface area contributed by atoms with E-state index in [1.807, 2.05) is 11.8 Å². The van der Waals surface area contributed by atoms with Crippen LogP contribution in [0.5, 0.6) is 0 Å². The van der Waals surface area contributed by atoms with Crippen LogP contribution in [0.3, 0.4) is 0 Å². The molecule has 2 atom stereocenters. The van der Waals surface area contributed by atoms with Crippen LogP contribution in [-0.2, 0) is 10.0 Å². The zero-order chi connectivity index (χ0) is 8.77. The highest BCUT2D eigenvalue weighted by molar-refractivity contribution is 8.00. The third-order valence-corrected chi connectivity index (χ3v) is 6.00. The summed E-state index contributed by atoms with van der Waals surface area (Å²) >= 11 is 7.25.